The van der Waals surface area contributed by atoms with Gasteiger partial charge in [0.25, 0.3) is 0 Å². The molecule has 0 aliphatic carbocycles. The van der Waals surface area contributed by atoms with Gasteiger partial charge in [0.05, 0.1) is 21.9 Å². The molecule has 2 saturated heterocycles. The third-order valence-corrected chi connectivity index (χ3v) is 10.4. The Bertz CT molecular complexity index is 1440. The summed E-state index contributed by atoms with van der Waals surface area (Å²) in [6.45, 7) is 3.91. The van der Waals surface area contributed by atoms with Crippen molar-refractivity contribution >= 4 is 46.6 Å². The normalized spacial score (nSPS) is 20.5. The van der Waals surface area contributed by atoms with Crippen LogP contribution >= 0.6 is 34.8 Å². The van der Waals surface area contributed by atoms with Crippen LogP contribution in [-0.4, -0.2) is 73.3 Å². The third kappa shape index (κ3) is 7.06. The summed E-state index contributed by atoms with van der Waals surface area (Å²) >= 11 is 19.1. The lowest BCUT2D eigenvalue weighted by atomic mass is 9.70. The van der Waals surface area contributed by atoms with Crippen molar-refractivity contribution in [3.63, 3.8) is 0 Å². The van der Waals surface area contributed by atoms with E-state index >= 15 is 0 Å². The Kier molecular flexibility index (Phi) is 10.1. The minimum Gasteiger partial charge on any atom is -0.348 e. The van der Waals surface area contributed by atoms with E-state index in [1.54, 1.807) is 4.90 Å². The number of carbonyl (C=O) groups excluding carboxylic acids is 2. The van der Waals surface area contributed by atoms with Crippen molar-refractivity contribution in [2.45, 2.75) is 49.4 Å². The van der Waals surface area contributed by atoms with Crippen molar-refractivity contribution in [3.05, 3.63) is 105 Å². The summed E-state index contributed by atoms with van der Waals surface area (Å²) in [6.07, 6.45) is 4.64. The molecule has 1 atom stereocenters. The first kappa shape index (κ1) is 31.8. The summed E-state index contributed by atoms with van der Waals surface area (Å²) in [5, 5.41) is 1.71. The molecule has 2 fully saturated rings. The number of carbonyl (C=O) groups is 2. The van der Waals surface area contributed by atoms with Gasteiger partial charge in [0.2, 0.25) is 11.8 Å². The second-order valence-corrected chi connectivity index (χ2v) is 13.6. The summed E-state index contributed by atoms with van der Waals surface area (Å²) in [5.74, 6) is 0.283. The second-order valence-electron chi connectivity index (χ2n) is 12.4. The molecule has 0 radical (unpaired) electrons. The van der Waals surface area contributed by atoms with Crippen LogP contribution in [0, 0.1) is 0 Å². The number of likely N-dealkylation sites (N-methyl/N-ethyl adjacent to an activating group) is 1. The van der Waals surface area contributed by atoms with Crippen LogP contribution < -0.4 is 0 Å². The van der Waals surface area contributed by atoms with Crippen LogP contribution in [-0.2, 0) is 26.8 Å². The lowest BCUT2D eigenvalue weighted by Gasteiger charge is -2.46. The monoisotopic (exact) mass is 639 g/mol. The van der Waals surface area contributed by atoms with Crippen molar-refractivity contribution in [3.8, 4) is 0 Å². The van der Waals surface area contributed by atoms with Crippen molar-refractivity contribution < 1.29 is 9.59 Å². The zero-order valence-corrected chi connectivity index (χ0v) is 27.3. The number of likely N-dealkylation sites (tertiary alicyclic amines) is 2. The topological polar surface area (TPSA) is 43.9 Å². The van der Waals surface area contributed by atoms with Gasteiger partial charge in [0.1, 0.15) is 0 Å². The Balaban J connectivity index is 1.34. The SMILES string of the molecule is CN(C)C(=O)C1(c2ccccc2)CCN(CCC2(c3ccc(Cl)c(Cl)c3)CCCN(C(=O)Cc3cccc(Cl)c3)C2)CC1. The summed E-state index contributed by atoms with van der Waals surface area (Å²) in [4.78, 5) is 33.3. The summed E-state index contributed by atoms with van der Waals surface area (Å²) in [7, 11) is 3.70. The smallest absolute Gasteiger partial charge is 0.232 e. The summed E-state index contributed by atoms with van der Waals surface area (Å²) in [6, 6.07) is 23.7. The highest BCUT2D eigenvalue weighted by Crippen LogP contribution is 2.42. The van der Waals surface area contributed by atoms with Crippen molar-refractivity contribution in [2.24, 2.45) is 0 Å². The summed E-state index contributed by atoms with van der Waals surface area (Å²) < 4.78 is 0. The molecule has 0 spiro atoms. The number of piperidine rings is 2. The highest BCUT2D eigenvalue weighted by Gasteiger charge is 2.45. The minimum absolute atomic E-state index is 0.110. The molecule has 228 valence electrons. The van der Waals surface area contributed by atoms with E-state index in [1.807, 2.05) is 73.6 Å². The van der Waals surface area contributed by atoms with Gasteiger partial charge in [0.15, 0.2) is 0 Å². The molecule has 5 rings (SSSR count). The highest BCUT2D eigenvalue weighted by molar-refractivity contribution is 6.42. The fourth-order valence-electron chi connectivity index (χ4n) is 7.03. The van der Waals surface area contributed by atoms with E-state index in [-0.39, 0.29) is 17.2 Å². The maximum Gasteiger partial charge on any atom is 0.232 e. The summed E-state index contributed by atoms with van der Waals surface area (Å²) in [5.41, 5.74) is 2.40. The van der Waals surface area contributed by atoms with Crippen LogP contribution in [0.3, 0.4) is 0 Å². The maximum absolute atomic E-state index is 13.5. The second kappa shape index (κ2) is 13.6. The standard InChI is InChI=1S/C35H40Cl3N3O2/c1-39(2)33(43)35(27-9-4-3-5-10-27)16-20-40(21-17-35)19-15-34(28-12-13-30(37)31(38)24-28)14-7-18-41(25-34)32(42)23-26-8-6-11-29(36)22-26/h3-6,8-13,22,24H,7,14-21,23,25H2,1-2H3. The number of nitrogens with zero attached hydrogens (tertiary/aromatic N) is 3. The number of rotatable bonds is 8. The number of halogens is 3. The average molecular weight is 641 g/mol. The van der Waals surface area contributed by atoms with Gasteiger partial charge in [-0.05, 0) is 92.7 Å². The van der Waals surface area contributed by atoms with Crippen LogP contribution in [0.15, 0.2) is 72.8 Å². The van der Waals surface area contributed by atoms with Crippen molar-refractivity contribution in [2.75, 3.05) is 46.8 Å². The van der Waals surface area contributed by atoms with E-state index < -0.39 is 5.41 Å². The molecule has 2 aliphatic rings. The minimum atomic E-state index is -0.503. The molecule has 0 N–H and O–H groups in total. The van der Waals surface area contributed by atoms with E-state index in [0.717, 1.165) is 75.0 Å². The first-order valence-corrected chi connectivity index (χ1v) is 16.2. The number of hydrogen-bond acceptors (Lipinski definition) is 3. The van der Waals surface area contributed by atoms with Crippen LogP contribution in [0.4, 0.5) is 0 Å². The van der Waals surface area contributed by atoms with E-state index in [0.29, 0.717) is 28.0 Å². The molecular weight excluding hydrogens is 601 g/mol. The Hall–Kier alpha value is -2.57. The van der Waals surface area contributed by atoms with Gasteiger partial charge in [-0.25, -0.2) is 0 Å². The highest BCUT2D eigenvalue weighted by atomic mass is 35.5. The molecule has 5 nitrogen and oxygen atoms in total. The molecule has 2 heterocycles. The van der Waals surface area contributed by atoms with Gasteiger partial charge in [-0.2, -0.15) is 0 Å². The largest absolute Gasteiger partial charge is 0.348 e. The number of hydrogen-bond donors (Lipinski definition) is 0. The van der Waals surface area contributed by atoms with Gasteiger partial charge in [-0.1, -0.05) is 83.3 Å². The molecule has 3 aromatic rings. The molecule has 8 heteroatoms. The molecule has 2 amide bonds. The fourth-order valence-corrected chi connectivity index (χ4v) is 7.54. The van der Waals surface area contributed by atoms with Crippen LogP contribution in [0.1, 0.15) is 48.8 Å². The Labute approximate surface area is 270 Å². The Morgan fingerprint density at radius 2 is 1.56 bits per heavy atom. The van der Waals surface area contributed by atoms with E-state index in [4.69, 9.17) is 34.8 Å². The molecular formula is C35H40Cl3N3O2. The van der Waals surface area contributed by atoms with Crippen molar-refractivity contribution in [1.82, 2.24) is 14.7 Å². The average Bonchev–Trinajstić information content (AvgIpc) is 3.02. The van der Waals surface area contributed by atoms with E-state index in [2.05, 4.69) is 23.1 Å². The predicted molar refractivity (Wildman–Crippen MR) is 176 cm³/mol. The van der Waals surface area contributed by atoms with Gasteiger partial charge in [-0.3, -0.25) is 9.59 Å². The Morgan fingerprint density at radius 1 is 0.814 bits per heavy atom. The third-order valence-electron chi connectivity index (χ3n) is 9.46. The first-order valence-electron chi connectivity index (χ1n) is 15.1. The number of amides is 2. The van der Waals surface area contributed by atoms with Gasteiger partial charge >= 0.3 is 0 Å². The van der Waals surface area contributed by atoms with Gasteiger partial charge < -0.3 is 14.7 Å². The fraction of sp³-hybridized carbons (Fsp3) is 0.429. The maximum atomic E-state index is 13.5. The first-order chi connectivity index (χ1) is 20.6. The zero-order chi connectivity index (χ0) is 30.6. The lowest BCUT2D eigenvalue weighted by molar-refractivity contribution is -0.137. The van der Waals surface area contributed by atoms with Crippen LogP contribution in [0.5, 0.6) is 0 Å². The van der Waals surface area contributed by atoms with Crippen LogP contribution in [0.2, 0.25) is 15.1 Å². The quantitative estimate of drug-likeness (QED) is 0.260. The lowest BCUT2D eigenvalue weighted by Crippen LogP contribution is -2.53. The zero-order valence-electron chi connectivity index (χ0n) is 25.0. The van der Waals surface area contributed by atoms with E-state index in [1.165, 1.54) is 0 Å². The molecule has 2 aliphatic heterocycles. The van der Waals surface area contributed by atoms with Crippen molar-refractivity contribution in [1.29, 1.82) is 0 Å². The van der Waals surface area contributed by atoms with Gasteiger partial charge in [-0.15, -0.1) is 0 Å². The molecule has 43 heavy (non-hydrogen) atoms. The predicted octanol–water partition coefficient (Wildman–Crippen LogP) is 7.26. The molecule has 0 saturated carbocycles. The Morgan fingerprint density at radius 3 is 2.23 bits per heavy atom. The number of benzene rings is 3. The van der Waals surface area contributed by atoms with Crippen LogP contribution in [0.25, 0.3) is 0 Å². The van der Waals surface area contributed by atoms with Gasteiger partial charge in [0, 0.05) is 37.6 Å². The molecule has 3 aromatic carbocycles. The molecule has 0 bridgehead atoms. The van der Waals surface area contributed by atoms with E-state index in [9.17, 15) is 9.59 Å². The molecule has 1 unspecified atom stereocenters. The molecule has 0 aromatic heterocycles.